The van der Waals surface area contributed by atoms with E-state index in [9.17, 15) is 40.3 Å². The van der Waals surface area contributed by atoms with Gasteiger partial charge in [-0.1, -0.05) is 6.07 Å². The number of piperazine rings is 1. The van der Waals surface area contributed by atoms with Crippen molar-refractivity contribution in [2.24, 2.45) is 0 Å². The van der Waals surface area contributed by atoms with Gasteiger partial charge < -0.3 is 4.90 Å². The van der Waals surface area contributed by atoms with E-state index in [1.807, 2.05) is 0 Å². The number of halogens is 8. The summed E-state index contributed by atoms with van der Waals surface area (Å²) in [5.74, 6) is -1.13. The molecule has 0 saturated carbocycles. The third kappa shape index (κ3) is 6.57. The van der Waals surface area contributed by atoms with E-state index in [1.54, 1.807) is 17.9 Å². The molecule has 2 aromatic carbocycles. The van der Waals surface area contributed by atoms with Crippen molar-refractivity contribution in [3.05, 3.63) is 76.7 Å². The molecule has 14 heteroatoms. The third-order valence-corrected chi connectivity index (χ3v) is 8.66. The maximum atomic E-state index is 14.1. The molecule has 5 rings (SSSR count). The van der Waals surface area contributed by atoms with Gasteiger partial charge in [-0.2, -0.15) is 26.3 Å². The highest BCUT2D eigenvalue weighted by atomic mass is 35.5. The number of fused-ring (bicyclic) bond motifs is 1. The Morgan fingerprint density at radius 3 is 2.09 bits per heavy atom. The minimum atomic E-state index is -5.09. The Bertz CT molecular complexity index is 1630. The molecule has 0 spiro atoms. The lowest BCUT2D eigenvalue weighted by Crippen LogP contribution is -2.54. The summed E-state index contributed by atoms with van der Waals surface area (Å²) in [7, 11) is 1.34. The van der Waals surface area contributed by atoms with Gasteiger partial charge in [-0.3, -0.25) is 19.4 Å². The van der Waals surface area contributed by atoms with Crippen LogP contribution in [-0.2, 0) is 27.4 Å². The number of aryl methyl sites for hydroxylation is 1. The lowest BCUT2D eigenvalue weighted by Gasteiger charge is -2.36. The first-order valence-corrected chi connectivity index (χ1v) is 14.3. The molecule has 248 valence electrons. The number of alkyl halides is 6. The zero-order valence-corrected chi connectivity index (χ0v) is 26.2. The van der Waals surface area contributed by atoms with Crippen LogP contribution < -0.4 is 9.80 Å². The second-order valence-electron chi connectivity index (χ2n) is 12.0. The van der Waals surface area contributed by atoms with E-state index >= 15 is 0 Å². The lowest BCUT2D eigenvalue weighted by molar-refractivity contribution is -0.143. The first-order chi connectivity index (χ1) is 20.9. The lowest BCUT2D eigenvalue weighted by atomic mass is 9.81. The highest BCUT2D eigenvalue weighted by molar-refractivity contribution is 6.04. The van der Waals surface area contributed by atoms with Crippen LogP contribution in [0.15, 0.2) is 48.7 Å². The van der Waals surface area contributed by atoms with Crippen LogP contribution in [0.2, 0.25) is 0 Å². The molecule has 2 saturated heterocycles. The first kappa shape index (κ1) is 35.1. The summed E-state index contributed by atoms with van der Waals surface area (Å²) >= 11 is 0. The minimum absolute atomic E-state index is 0. The number of benzene rings is 2. The fourth-order valence-corrected chi connectivity index (χ4v) is 6.08. The second kappa shape index (κ2) is 12.5. The summed E-state index contributed by atoms with van der Waals surface area (Å²) in [4.78, 5) is 36.6. The van der Waals surface area contributed by atoms with Crippen LogP contribution >= 0.6 is 12.4 Å². The molecular weight excluding hydrogens is 641 g/mol. The van der Waals surface area contributed by atoms with E-state index in [4.69, 9.17) is 0 Å². The van der Waals surface area contributed by atoms with Crippen molar-refractivity contribution in [3.63, 3.8) is 0 Å². The number of rotatable bonds is 5. The van der Waals surface area contributed by atoms with E-state index < -0.39 is 46.2 Å². The third-order valence-electron chi connectivity index (χ3n) is 8.66. The number of carbonyl (C=O) groups excluding carboxylic acids is 2. The fourth-order valence-electron chi connectivity index (χ4n) is 6.08. The van der Waals surface area contributed by atoms with E-state index in [0.29, 0.717) is 47.7 Å². The summed E-state index contributed by atoms with van der Waals surface area (Å²) in [6.45, 7) is 5.99. The number of nitrogens with zero attached hydrogens (tertiary/aromatic N) is 4. The van der Waals surface area contributed by atoms with E-state index in [2.05, 4.69) is 9.88 Å². The van der Waals surface area contributed by atoms with Crippen LogP contribution in [0.4, 0.5) is 42.2 Å². The normalized spacial score (nSPS) is 17.5. The van der Waals surface area contributed by atoms with E-state index in [1.165, 1.54) is 45.3 Å². The fraction of sp³-hybridized carbons (Fsp3) is 0.406. The van der Waals surface area contributed by atoms with Gasteiger partial charge in [0.1, 0.15) is 11.6 Å². The van der Waals surface area contributed by atoms with Gasteiger partial charge in [-0.05, 0) is 93.2 Å². The van der Waals surface area contributed by atoms with Crippen LogP contribution in [0, 0.1) is 12.7 Å². The average molecular weight is 673 g/mol. The van der Waals surface area contributed by atoms with Crippen LogP contribution in [0.3, 0.4) is 0 Å². The maximum absolute atomic E-state index is 14.1. The summed E-state index contributed by atoms with van der Waals surface area (Å²) < 4.78 is 95.8. The van der Waals surface area contributed by atoms with Gasteiger partial charge in [0.25, 0.3) is 0 Å². The van der Waals surface area contributed by atoms with Crippen LogP contribution in [0.1, 0.15) is 48.9 Å². The van der Waals surface area contributed by atoms with E-state index in [0.717, 1.165) is 24.3 Å². The van der Waals surface area contributed by atoms with Crippen molar-refractivity contribution < 1.29 is 40.3 Å². The highest BCUT2D eigenvalue weighted by Gasteiger charge is 2.42. The molecule has 0 radical (unpaired) electrons. The van der Waals surface area contributed by atoms with Crippen molar-refractivity contribution in [3.8, 4) is 11.1 Å². The molecular formula is C32H32ClF7N4O2. The highest BCUT2D eigenvalue weighted by Crippen LogP contribution is 2.41. The number of hydrogen-bond acceptors (Lipinski definition) is 4. The molecule has 1 atom stereocenters. The van der Waals surface area contributed by atoms with Gasteiger partial charge in [0.2, 0.25) is 11.8 Å². The summed E-state index contributed by atoms with van der Waals surface area (Å²) in [6.07, 6.45) is -7.22. The van der Waals surface area contributed by atoms with Crippen molar-refractivity contribution >= 4 is 35.7 Å². The summed E-state index contributed by atoms with van der Waals surface area (Å²) in [5.41, 5.74) is -3.87. The van der Waals surface area contributed by atoms with E-state index in [-0.39, 0.29) is 36.1 Å². The van der Waals surface area contributed by atoms with Crippen molar-refractivity contribution in [2.75, 3.05) is 36.5 Å². The standard InChI is InChI=1S/C32H31F7N4O2.ClH/c1-18-12-22(33)7-8-23(18)24-16-27(43-11-10-42-9-5-6-25(42)28(43)44)40-17-26(24)41(4)29(45)30(2,3)19-13-20(31(34,35)36)15-21(14-19)32(37,38)39;/h7-8,12-17,25H,5-6,9-11H2,1-4H3;1H/t25-;/m1./s1. The van der Waals surface area contributed by atoms with Crippen molar-refractivity contribution in [1.82, 2.24) is 9.88 Å². The maximum Gasteiger partial charge on any atom is 0.416 e. The quantitative estimate of drug-likeness (QED) is 0.265. The average Bonchev–Trinajstić information content (AvgIpc) is 3.45. The smallest absolute Gasteiger partial charge is 0.313 e. The predicted molar refractivity (Wildman–Crippen MR) is 161 cm³/mol. The molecule has 46 heavy (non-hydrogen) atoms. The molecule has 3 aromatic rings. The molecule has 2 aliphatic heterocycles. The largest absolute Gasteiger partial charge is 0.416 e. The van der Waals surface area contributed by atoms with Gasteiger partial charge in [-0.25, -0.2) is 9.37 Å². The monoisotopic (exact) mass is 672 g/mol. The first-order valence-electron chi connectivity index (χ1n) is 14.3. The number of anilines is 2. The number of hydrogen-bond donors (Lipinski definition) is 0. The molecule has 0 aliphatic carbocycles. The molecule has 0 bridgehead atoms. The summed E-state index contributed by atoms with van der Waals surface area (Å²) in [5, 5.41) is 0. The van der Waals surface area contributed by atoms with Crippen molar-refractivity contribution in [1.29, 1.82) is 0 Å². The number of likely N-dealkylation sites (N-methyl/N-ethyl adjacent to an activating group) is 1. The number of pyridine rings is 1. The Kier molecular flexibility index (Phi) is 9.53. The number of amides is 2. The van der Waals surface area contributed by atoms with Crippen LogP contribution in [-0.4, -0.2) is 54.4 Å². The Balaban J connectivity index is 0.00000480. The number of aromatic nitrogens is 1. The Morgan fingerprint density at radius 2 is 1.50 bits per heavy atom. The Morgan fingerprint density at radius 1 is 0.891 bits per heavy atom. The molecule has 2 aliphatic rings. The van der Waals surface area contributed by atoms with Gasteiger partial charge in [0.05, 0.1) is 34.5 Å². The van der Waals surface area contributed by atoms with Crippen molar-refractivity contribution in [2.45, 2.75) is 57.4 Å². The zero-order chi connectivity index (χ0) is 33.1. The molecule has 1 aromatic heterocycles. The molecule has 0 unspecified atom stereocenters. The molecule has 3 heterocycles. The molecule has 0 N–H and O–H groups in total. The van der Waals surface area contributed by atoms with Gasteiger partial charge in [0, 0.05) is 25.7 Å². The zero-order valence-electron chi connectivity index (χ0n) is 25.4. The van der Waals surface area contributed by atoms with Crippen LogP contribution in [0.25, 0.3) is 11.1 Å². The Hall–Kier alpha value is -3.71. The van der Waals surface area contributed by atoms with Gasteiger partial charge in [-0.15, -0.1) is 12.4 Å². The predicted octanol–water partition coefficient (Wildman–Crippen LogP) is 7.41. The summed E-state index contributed by atoms with van der Waals surface area (Å²) in [6, 6.07) is 6.44. The Labute approximate surface area is 267 Å². The second-order valence-corrected chi connectivity index (χ2v) is 12.0. The van der Waals surface area contributed by atoms with Crippen LogP contribution in [0.5, 0.6) is 0 Å². The minimum Gasteiger partial charge on any atom is -0.313 e. The van der Waals surface area contributed by atoms with Gasteiger partial charge >= 0.3 is 12.4 Å². The topological polar surface area (TPSA) is 56.8 Å². The SMILES string of the molecule is Cc1cc(F)ccc1-c1cc(N2CCN3CCC[C@@H]3C2=O)ncc1N(C)C(=O)C(C)(C)c1cc(C(F)(F)F)cc(C(F)(F)F)c1.Cl. The molecule has 6 nitrogen and oxygen atoms in total. The molecule has 2 amide bonds. The van der Waals surface area contributed by atoms with Gasteiger partial charge in [0.15, 0.2) is 0 Å². The molecule has 2 fully saturated rings. The number of carbonyl (C=O) groups is 2.